The van der Waals surface area contributed by atoms with Crippen LogP contribution in [0.15, 0.2) is 66.7 Å². The van der Waals surface area contributed by atoms with Gasteiger partial charge in [0.1, 0.15) is 0 Å². The first-order valence-electron chi connectivity index (χ1n) is 13.6. The van der Waals surface area contributed by atoms with Crippen molar-refractivity contribution in [3.05, 3.63) is 77.9 Å². The predicted molar refractivity (Wildman–Crippen MR) is 156 cm³/mol. The lowest BCUT2D eigenvalue weighted by molar-refractivity contribution is -0.143. The van der Waals surface area contributed by atoms with E-state index in [1.807, 2.05) is 54.6 Å². The monoisotopic (exact) mass is 543 g/mol. The molecule has 1 fully saturated rings. The van der Waals surface area contributed by atoms with E-state index in [9.17, 15) is 9.59 Å². The van der Waals surface area contributed by atoms with E-state index in [1.54, 1.807) is 18.2 Å². The Bertz CT molecular complexity index is 1310. The number of ether oxygens (including phenoxy) is 4. The lowest BCUT2D eigenvalue weighted by Crippen LogP contribution is -2.42. The molecule has 40 heavy (non-hydrogen) atoms. The highest BCUT2D eigenvalue weighted by molar-refractivity contribution is 6.22. The molecule has 0 unspecified atom stereocenters. The molecule has 7 nitrogen and oxygen atoms in total. The molecule has 1 amide bonds. The number of nitrogens with one attached hydrogen (secondary N) is 1. The van der Waals surface area contributed by atoms with Gasteiger partial charge in [0.2, 0.25) is 5.75 Å². The van der Waals surface area contributed by atoms with Crippen molar-refractivity contribution in [3.8, 4) is 28.4 Å². The zero-order valence-electron chi connectivity index (χ0n) is 23.6. The standard InChI is InChI=1S/C33H37NO6/c1-22-10-8-9-13-28(22)34-31(35)21-40-33(36)27(18-23-19-29(37-2)32(39-4)30(20-23)38-3)26-16-14-25(15-17-26)24-11-6-5-7-12-24/h5-7,11-12,14-20,22,28H,8-10,13,21H2,1-4H3,(H,34,35)/b27-18+/t22-,28+/m0/s1. The molecule has 210 valence electrons. The number of carbonyl (C=O) groups is 2. The molecule has 0 saturated heterocycles. The summed E-state index contributed by atoms with van der Waals surface area (Å²) in [4.78, 5) is 26.1. The average Bonchev–Trinajstić information content (AvgIpc) is 2.99. The van der Waals surface area contributed by atoms with Gasteiger partial charge in [-0.1, -0.05) is 74.4 Å². The van der Waals surface area contributed by atoms with Crippen LogP contribution in [0.1, 0.15) is 43.7 Å². The molecule has 0 spiro atoms. The minimum atomic E-state index is -0.604. The summed E-state index contributed by atoms with van der Waals surface area (Å²) in [6, 6.07) is 21.3. The van der Waals surface area contributed by atoms with Gasteiger partial charge in [0.25, 0.3) is 5.91 Å². The summed E-state index contributed by atoms with van der Waals surface area (Å²) in [5.74, 6) is 0.883. The van der Waals surface area contributed by atoms with Crippen LogP contribution in [0, 0.1) is 5.92 Å². The Balaban J connectivity index is 1.62. The number of carbonyl (C=O) groups excluding carboxylic acids is 2. The number of rotatable bonds is 10. The van der Waals surface area contributed by atoms with E-state index in [1.165, 1.54) is 27.8 Å². The fourth-order valence-electron chi connectivity index (χ4n) is 5.07. The highest BCUT2D eigenvalue weighted by Gasteiger charge is 2.24. The molecule has 0 aromatic heterocycles. The van der Waals surface area contributed by atoms with E-state index in [4.69, 9.17) is 18.9 Å². The molecule has 4 rings (SSSR count). The van der Waals surface area contributed by atoms with Crippen LogP contribution >= 0.6 is 0 Å². The van der Waals surface area contributed by atoms with E-state index >= 15 is 0 Å². The van der Waals surface area contributed by atoms with Crippen LogP contribution in [-0.2, 0) is 14.3 Å². The summed E-state index contributed by atoms with van der Waals surface area (Å²) >= 11 is 0. The van der Waals surface area contributed by atoms with Crippen molar-refractivity contribution in [2.24, 2.45) is 5.92 Å². The van der Waals surface area contributed by atoms with E-state index in [0.29, 0.717) is 39.9 Å². The number of methoxy groups -OCH3 is 3. The summed E-state index contributed by atoms with van der Waals surface area (Å²) in [7, 11) is 4.61. The van der Waals surface area contributed by atoms with Gasteiger partial charge in [-0.05, 0) is 59.2 Å². The first kappa shape index (κ1) is 28.7. The van der Waals surface area contributed by atoms with Crippen LogP contribution in [-0.4, -0.2) is 45.9 Å². The lowest BCUT2D eigenvalue weighted by Gasteiger charge is -2.29. The lowest BCUT2D eigenvalue weighted by atomic mass is 9.86. The molecule has 0 aliphatic heterocycles. The molecule has 1 N–H and O–H groups in total. The minimum Gasteiger partial charge on any atom is -0.493 e. The Hall–Kier alpha value is -4.26. The van der Waals surface area contributed by atoms with Gasteiger partial charge in [-0.15, -0.1) is 0 Å². The molecule has 1 aliphatic carbocycles. The number of amides is 1. The van der Waals surface area contributed by atoms with Crippen molar-refractivity contribution >= 4 is 23.5 Å². The van der Waals surface area contributed by atoms with Crippen LogP contribution in [0.25, 0.3) is 22.8 Å². The second kappa shape index (κ2) is 13.7. The molecule has 1 saturated carbocycles. The second-order valence-electron chi connectivity index (χ2n) is 9.97. The van der Waals surface area contributed by atoms with Gasteiger partial charge in [-0.3, -0.25) is 4.79 Å². The maximum atomic E-state index is 13.4. The van der Waals surface area contributed by atoms with Gasteiger partial charge < -0.3 is 24.3 Å². The Morgan fingerprint density at radius 3 is 2.08 bits per heavy atom. The molecule has 0 bridgehead atoms. The van der Waals surface area contributed by atoms with Crippen LogP contribution in [0.5, 0.6) is 17.2 Å². The predicted octanol–water partition coefficient (Wildman–Crippen LogP) is 6.16. The Labute approximate surface area is 236 Å². The quantitative estimate of drug-likeness (QED) is 0.187. The summed E-state index contributed by atoms with van der Waals surface area (Å²) in [5.41, 5.74) is 3.69. The van der Waals surface area contributed by atoms with Crippen molar-refractivity contribution in [2.75, 3.05) is 27.9 Å². The number of hydrogen-bond acceptors (Lipinski definition) is 6. The van der Waals surface area contributed by atoms with Gasteiger partial charge in [0.15, 0.2) is 18.1 Å². The fourth-order valence-corrected chi connectivity index (χ4v) is 5.07. The third-order valence-electron chi connectivity index (χ3n) is 7.31. The maximum Gasteiger partial charge on any atom is 0.339 e. The van der Waals surface area contributed by atoms with E-state index in [-0.39, 0.29) is 18.6 Å². The van der Waals surface area contributed by atoms with E-state index in [0.717, 1.165) is 30.4 Å². The number of benzene rings is 3. The van der Waals surface area contributed by atoms with Gasteiger partial charge in [-0.25, -0.2) is 4.79 Å². The molecule has 1 aliphatic rings. The summed E-state index contributed by atoms with van der Waals surface area (Å²) < 4.78 is 21.9. The van der Waals surface area contributed by atoms with Crippen molar-refractivity contribution in [2.45, 2.75) is 38.6 Å². The first-order valence-corrected chi connectivity index (χ1v) is 13.6. The smallest absolute Gasteiger partial charge is 0.339 e. The average molecular weight is 544 g/mol. The highest BCUT2D eigenvalue weighted by Crippen LogP contribution is 2.39. The van der Waals surface area contributed by atoms with Gasteiger partial charge in [0, 0.05) is 6.04 Å². The fraction of sp³-hybridized carbons (Fsp3) is 0.333. The molecule has 2 atom stereocenters. The molecule has 7 heteroatoms. The zero-order valence-corrected chi connectivity index (χ0v) is 23.6. The third kappa shape index (κ3) is 7.03. The topological polar surface area (TPSA) is 83.1 Å². The van der Waals surface area contributed by atoms with Crippen LogP contribution in [0.4, 0.5) is 0 Å². The van der Waals surface area contributed by atoms with Crippen molar-refractivity contribution in [3.63, 3.8) is 0 Å². The van der Waals surface area contributed by atoms with E-state index < -0.39 is 5.97 Å². The number of esters is 1. The van der Waals surface area contributed by atoms with Crippen LogP contribution in [0.3, 0.4) is 0 Å². The highest BCUT2D eigenvalue weighted by atomic mass is 16.5. The van der Waals surface area contributed by atoms with E-state index in [2.05, 4.69) is 12.2 Å². The minimum absolute atomic E-state index is 0.111. The molecule has 3 aromatic carbocycles. The van der Waals surface area contributed by atoms with Gasteiger partial charge in [-0.2, -0.15) is 0 Å². The molecule has 0 heterocycles. The molecular weight excluding hydrogens is 506 g/mol. The zero-order chi connectivity index (χ0) is 28.5. The Kier molecular flexibility index (Phi) is 9.84. The van der Waals surface area contributed by atoms with Gasteiger partial charge >= 0.3 is 5.97 Å². The second-order valence-corrected chi connectivity index (χ2v) is 9.97. The maximum absolute atomic E-state index is 13.4. The number of hydrogen-bond donors (Lipinski definition) is 1. The SMILES string of the molecule is COc1cc(/C=C(/C(=O)OCC(=O)N[C@@H]2CCCC[C@@H]2C)c2ccc(-c3ccccc3)cc2)cc(OC)c1OC. The van der Waals surface area contributed by atoms with Gasteiger partial charge in [0.05, 0.1) is 26.9 Å². The third-order valence-corrected chi connectivity index (χ3v) is 7.31. The molecule has 3 aromatic rings. The van der Waals surface area contributed by atoms with Crippen molar-refractivity contribution in [1.82, 2.24) is 5.32 Å². The summed E-state index contributed by atoms with van der Waals surface area (Å²) in [6.45, 7) is 1.80. The molecular formula is C33H37NO6. The van der Waals surface area contributed by atoms with Crippen LogP contribution < -0.4 is 19.5 Å². The normalized spacial score (nSPS) is 17.1. The Morgan fingerprint density at radius 1 is 0.850 bits per heavy atom. The van der Waals surface area contributed by atoms with Crippen molar-refractivity contribution in [1.29, 1.82) is 0 Å². The first-order chi connectivity index (χ1) is 19.4. The molecule has 0 radical (unpaired) electrons. The van der Waals surface area contributed by atoms with Crippen molar-refractivity contribution < 1.29 is 28.5 Å². The van der Waals surface area contributed by atoms with Crippen LogP contribution in [0.2, 0.25) is 0 Å². The Morgan fingerprint density at radius 2 is 1.48 bits per heavy atom. The largest absolute Gasteiger partial charge is 0.493 e. The summed E-state index contributed by atoms with van der Waals surface area (Å²) in [5, 5.41) is 3.04. The summed E-state index contributed by atoms with van der Waals surface area (Å²) in [6.07, 6.45) is 6.01.